The normalized spacial score (nSPS) is 11.3. The number of nitrogens with zero attached hydrogens (tertiary/aromatic N) is 3. The Hall–Kier alpha value is -3.39. The van der Waals surface area contributed by atoms with Gasteiger partial charge >= 0.3 is 0 Å². The second-order valence-electron chi connectivity index (χ2n) is 8.20. The maximum absolute atomic E-state index is 12.3. The summed E-state index contributed by atoms with van der Waals surface area (Å²) in [5, 5.41) is 22.6. The van der Waals surface area contributed by atoms with Crippen LogP contribution in [0.3, 0.4) is 0 Å². The minimum absolute atomic E-state index is 0.00693. The minimum Gasteiger partial charge on any atom is -0.497 e. The van der Waals surface area contributed by atoms with Crippen molar-refractivity contribution >= 4 is 40.0 Å². The lowest BCUT2D eigenvalue weighted by Gasteiger charge is -2.06. The Kier molecular flexibility index (Phi) is 9.66. The molecule has 1 aromatic heterocycles. The molecule has 0 aliphatic heterocycles. The first-order chi connectivity index (χ1) is 17.0. The topological polar surface area (TPSA) is 105 Å². The standard InChI is InChI=1S/C26H31ClN4O4/c1-3-4-16-31-22-14-13-18(35-2)17-20(22)24(26(31)34)30-29-23(32)12-6-5-9-15-28-25(33)19-10-7-8-11-21(19)27/h7-8,10-11,13-14,17,34H,3-6,9,12,15-16H2,1-2H3,(H,28,33). The van der Waals surface area contributed by atoms with Crippen molar-refractivity contribution in [3.05, 3.63) is 53.1 Å². The number of carbonyl (C=O) groups excluding carboxylic acids is 2. The van der Waals surface area contributed by atoms with E-state index in [9.17, 15) is 14.7 Å². The summed E-state index contributed by atoms with van der Waals surface area (Å²) in [6.45, 7) is 3.21. The van der Waals surface area contributed by atoms with Crippen LogP contribution < -0.4 is 10.1 Å². The molecule has 2 N–H and O–H groups in total. The summed E-state index contributed by atoms with van der Waals surface area (Å²) in [5.74, 6) is 0.0546. The summed E-state index contributed by atoms with van der Waals surface area (Å²) in [6.07, 6.45) is 4.22. The summed E-state index contributed by atoms with van der Waals surface area (Å²) in [7, 11) is 1.57. The molecule has 2 amide bonds. The summed E-state index contributed by atoms with van der Waals surface area (Å²) in [5.41, 5.74) is 1.53. The molecule has 186 valence electrons. The number of ether oxygens (including phenoxy) is 1. The number of carbonyl (C=O) groups is 2. The molecule has 0 aliphatic rings. The van der Waals surface area contributed by atoms with E-state index < -0.39 is 0 Å². The maximum atomic E-state index is 12.3. The number of amides is 2. The highest BCUT2D eigenvalue weighted by Crippen LogP contribution is 2.40. The van der Waals surface area contributed by atoms with Gasteiger partial charge in [0.1, 0.15) is 5.75 Å². The summed E-state index contributed by atoms with van der Waals surface area (Å²) >= 11 is 6.03. The number of aryl methyl sites for hydroxylation is 1. The smallest absolute Gasteiger partial charge is 0.264 e. The van der Waals surface area contributed by atoms with E-state index in [0.717, 1.165) is 31.2 Å². The van der Waals surface area contributed by atoms with Crippen LogP contribution in [-0.4, -0.2) is 35.1 Å². The van der Waals surface area contributed by atoms with Gasteiger partial charge in [-0.15, -0.1) is 10.2 Å². The van der Waals surface area contributed by atoms with Crippen LogP contribution in [0, 0.1) is 0 Å². The van der Waals surface area contributed by atoms with Gasteiger partial charge in [0, 0.05) is 24.9 Å². The Morgan fingerprint density at radius 1 is 1.11 bits per heavy atom. The summed E-state index contributed by atoms with van der Waals surface area (Å²) < 4.78 is 7.09. The third-order valence-corrected chi connectivity index (χ3v) is 6.01. The van der Waals surface area contributed by atoms with E-state index in [1.54, 1.807) is 42.0 Å². The lowest BCUT2D eigenvalue weighted by atomic mass is 10.1. The van der Waals surface area contributed by atoms with Crippen molar-refractivity contribution in [2.75, 3.05) is 13.7 Å². The number of unbranched alkanes of at least 4 members (excludes halogenated alkanes) is 3. The number of methoxy groups -OCH3 is 1. The summed E-state index contributed by atoms with van der Waals surface area (Å²) in [4.78, 5) is 24.4. The first-order valence-electron chi connectivity index (χ1n) is 11.8. The fourth-order valence-electron chi connectivity index (χ4n) is 3.75. The lowest BCUT2D eigenvalue weighted by Crippen LogP contribution is -2.24. The third-order valence-electron chi connectivity index (χ3n) is 5.69. The van der Waals surface area contributed by atoms with E-state index >= 15 is 0 Å². The second kappa shape index (κ2) is 12.9. The van der Waals surface area contributed by atoms with Crippen LogP contribution in [0.4, 0.5) is 5.69 Å². The molecule has 0 bridgehead atoms. The predicted octanol–water partition coefficient (Wildman–Crippen LogP) is 6.41. The molecule has 1 heterocycles. The van der Waals surface area contributed by atoms with Crippen molar-refractivity contribution in [2.45, 2.75) is 52.0 Å². The molecule has 2 aromatic carbocycles. The largest absolute Gasteiger partial charge is 0.497 e. The number of fused-ring (bicyclic) bond motifs is 1. The number of aromatic hydroxyl groups is 1. The molecular weight excluding hydrogens is 468 g/mol. The van der Waals surface area contributed by atoms with Gasteiger partial charge in [0.25, 0.3) is 11.8 Å². The van der Waals surface area contributed by atoms with E-state index in [2.05, 4.69) is 22.5 Å². The zero-order chi connectivity index (χ0) is 25.2. The highest BCUT2D eigenvalue weighted by Gasteiger charge is 2.17. The van der Waals surface area contributed by atoms with E-state index in [-0.39, 0.29) is 29.8 Å². The number of azo groups is 1. The van der Waals surface area contributed by atoms with Gasteiger partial charge in [0.2, 0.25) is 5.88 Å². The van der Waals surface area contributed by atoms with Crippen molar-refractivity contribution in [1.29, 1.82) is 0 Å². The van der Waals surface area contributed by atoms with E-state index in [0.29, 0.717) is 41.2 Å². The SMILES string of the molecule is CCCCn1c(O)c(N=NC(=O)CCCCCNC(=O)c2ccccc2Cl)c2cc(OC)ccc21. The number of hydrogen-bond acceptors (Lipinski definition) is 5. The van der Waals surface area contributed by atoms with Crippen LogP contribution in [0.15, 0.2) is 52.7 Å². The monoisotopic (exact) mass is 498 g/mol. The van der Waals surface area contributed by atoms with Crippen LogP contribution in [0.5, 0.6) is 11.6 Å². The van der Waals surface area contributed by atoms with Crippen LogP contribution in [0.25, 0.3) is 10.9 Å². The highest BCUT2D eigenvalue weighted by molar-refractivity contribution is 6.33. The number of aromatic nitrogens is 1. The zero-order valence-electron chi connectivity index (χ0n) is 20.1. The second-order valence-corrected chi connectivity index (χ2v) is 8.61. The number of rotatable bonds is 12. The van der Waals surface area contributed by atoms with Gasteiger partial charge in [-0.05, 0) is 49.6 Å². The fraction of sp³-hybridized carbons (Fsp3) is 0.385. The molecule has 35 heavy (non-hydrogen) atoms. The van der Waals surface area contributed by atoms with Gasteiger partial charge in [0.15, 0.2) is 5.69 Å². The van der Waals surface area contributed by atoms with Crippen molar-refractivity contribution in [1.82, 2.24) is 9.88 Å². The number of nitrogens with one attached hydrogen (secondary N) is 1. The van der Waals surface area contributed by atoms with Gasteiger partial charge in [-0.1, -0.05) is 43.5 Å². The van der Waals surface area contributed by atoms with Gasteiger partial charge < -0.3 is 19.7 Å². The fourth-order valence-corrected chi connectivity index (χ4v) is 3.97. The Morgan fingerprint density at radius 2 is 1.91 bits per heavy atom. The Balaban J connectivity index is 1.52. The van der Waals surface area contributed by atoms with Crippen LogP contribution >= 0.6 is 11.6 Å². The molecule has 0 radical (unpaired) electrons. The number of benzene rings is 2. The zero-order valence-corrected chi connectivity index (χ0v) is 20.8. The van der Waals surface area contributed by atoms with Crippen molar-refractivity contribution in [3.8, 4) is 11.6 Å². The molecule has 0 atom stereocenters. The van der Waals surface area contributed by atoms with E-state index in [4.69, 9.17) is 16.3 Å². The average Bonchev–Trinajstić information content (AvgIpc) is 3.13. The van der Waals surface area contributed by atoms with Crippen molar-refractivity contribution in [3.63, 3.8) is 0 Å². The average molecular weight is 499 g/mol. The van der Waals surface area contributed by atoms with Gasteiger partial charge in [0.05, 0.1) is 23.2 Å². The molecule has 0 saturated carbocycles. The summed E-state index contributed by atoms with van der Waals surface area (Å²) in [6, 6.07) is 12.4. The number of halogens is 1. The quantitative estimate of drug-likeness (QED) is 0.222. The van der Waals surface area contributed by atoms with Gasteiger partial charge in [-0.2, -0.15) is 0 Å². The van der Waals surface area contributed by atoms with Crippen molar-refractivity contribution in [2.24, 2.45) is 10.2 Å². The van der Waals surface area contributed by atoms with Crippen molar-refractivity contribution < 1.29 is 19.4 Å². The lowest BCUT2D eigenvalue weighted by molar-refractivity contribution is -0.118. The highest BCUT2D eigenvalue weighted by atomic mass is 35.5. The molecule has 0 unspecified atom stereocenters. The van der Waals surface area contributed by atoms with Gasteiger partial charge in [-0.3, -0.25) is 9.59 Å². The third kappa shape index (κ3) is 6.82. The van der Waals surface area contributed by atoms with E-state index in [1.165, 1.54) is 0 Å². The molecular formula is C26H31ClN4O4. The van der Waals surface area contributed by atoms with Gasteiger partial charge in [-0.25, -0.2) is 0 Å². The Morgan fingerprint density at radius 3 is 2.66 bits per heavy atom. The molecule has 8 nitrogen and oxygen atoms in total. The predicted molar refractivity (Wildman–Crippen MR) is 137 cm³/mol. The van der Waals surface area contributed by atoms with Crippen LogP contribution in [-0.2, 0) is 11.3 Å². The molecule has 0 aliphatic carbocycles. The first kappa shape index (κ1) is 26.2. The Bertz CT molecular complexity index is 1210. The first-order valence-corrected chi connectivity index (χ1v) is 12.2. The molecule has 3 rings (SSSR count). The molecule has 9 heteroatoms. The van der Waals surface area contributed by atoms with E-state index in [1.807, 2.05) is 12.1 Å². The van der Waals surface area contributed by atoms with Crippen LogP contribution in [0.2, 0.25) is 5.02 Å². The minimum atomic E-state index is -0.359. The molecule has 3 aromatic rings. The van der Waals surface area contributed by atoms with Crippen LogP contribution in [0.1, 0.15) is 55.8 Å². The molecule has 0 saturated heterocycles. The molecule has 0 fully saturated rings. The molecule has 0 spiro atoms. The Labute approximate surface area is 209 Å². The maximum Gasteiger partial charge on any atom is 0.264 e. The number of hydrogen-bond donors (Lipinski definition) is 2.